The molecule has 1 nitrogen and oxygen atoms in total. The van der Waals surface area contributed by atoms with Crippen molar-refractivity contribution < 1.29 is 5.11 Å². The minimum absolute atomic E-state index is 0.0226. The van der Waals surface area contributed by atoms with Crippen molar-refractivity contribution in [1.29, 1.82) is 0 Å². The predicted octanol–water partition coefficient (Wildman–Crippen LogP) is 7.47. The number of hydrogen-bond donors (Lipinski definition) is 1. The number of aliphatic hydroxyl groups is 1. The molecular formula is C27H48O. The predicted molar refractivity (Wildman–Crippen MR) is 119 cm³/mol. The fourth-order valence-electron chi connectivity index (χ4n) is 9.35. The Morgan fingerprint density at radius 3 is 2.29 bits per heavy atom. The van der Waals surface area contributed by atoms with Gasteiger partial charge in [-0.3, -0.25) is 0 Å². The molecule has 0 amide bonds. The first kappa shape index (κ1) is 21.2. The maximum absolute atomic E-state index is 10.5. The number of aliphatic hydroxyl groups excluding tert-OH is 1. The molecule has 0 aromatic carbocycles. The largest absolute Gasteiger partial charge is 0.393 e. The highest BCUT2D eigenvalue weighted by molar-refractivity contribution is 5.09. The molecule has 0 aromatic heterocycles. The Bertz CT molecular complexity index is 540. The molecule has 28 heavy (non-hydrogen) atoms. The lowest BCUT2D eigenvalue weighted by Gasteiger charge is -2.61. The molecule has 0 spiro atoms. The second-order valence-electron chi connectivity index (χ2n) is 12.6. The van der Waals surface area contributed by atoms with Gasteiger partial charge in [-0.1, -0.05) is 53.9 Å². The zero-order valence-electron chi connectivity index (χ0n) is 19.6. The van der Waals surface area contributed by atoms with E-state index in [4.69, 9.17) is 0 Å². The van der Waals surface area contributed by atoms with E-state index in [9.17, 15) is 5.11 Å². The summed E-state index contributed by atoms with van der Waals surface area (Å²) >= 11 is 0. The average Bonchev–Trinajstić information content (AvgIpc) is 2.98. The third kappa shape index (κ3) is 3.50. The summed E-state index contributed by atoms with van der Waals surface area (Å²) < 4.78 is 0. The second kappa shape index (κ2) is 7.90. The Kier molecular flexibility index (Phi) is 5.98. The molecule has 1 heteroatoms. The van der Waals surface area contributed by atoms with Crippen LogP contribution in [0.4, 0.5) is 0 Å². The standard InChI is InChI=1S/C27H48O/c1-18(2)7-6-8-19(3)23-13-14-24-22-12-10-20-9-11-21(28)17-27(20,5)25(22)15-16-26(23,24)4/h18-25,28H,6-17H2,1-5H3/t19-,20-,21+,22+,23+,24-,25-,26-,27+/m1/s1. The molecule has 0 bridgehead atoms. The van der Waals surface area contributed by atoms with Gasteiger partial charge in [-0.15, -0.1) is 0 Å². The normalized spacial score (nSPS) is 49.4. The summed E-state index contributed by atoms with van der Waals surface area (Å²) in [6.07, 6.45) is 16.6. The first-order chi connectivity index (χ1) is 13.3. The highest BCUT2D eigenvalue weighted by Gasteiger charge is 2.60. The van der Waals surface area contributed by atoms with Crippen molar-refractivity contribution in [3.05, 3.63) is 0 Å². The summed E-state index contributed by atoms with van der Waals surface area (Å²) in [6, 6.07) is 0. The van der Waals surface area contributed by atoms with E-state index in [1.165, 1.54) is 64.2 Å². The maximum Gasteiger partial charge on any atom is 0.0545 e. The fraction of sp³-hybridized carbons (Fsp3) is 1.00. The SMILES string of the molecule is CC(C)CCC[C@@H](C)[C@@H]1CC[C@@H]2[C@@H]3CC[C@H]4CC[C@H](O)C[C@]4(C)[C@@H]3CC[C@@]21C. The van der Waals surface area contributed by atoms with Crippen LogP contribution in [0.1, 0.15) is 112 Å². The van der Waals surface area contributed by atoms with E-state index in [0.717, 1.165) is 54.3 Å². The minimum atomic E-state index is -0.0226. The van der Waals surface area contributed by atoms with Crippen LogP contribution in [0.25, 0.3) is 0 Å². The molecular weight excluding hydrogens is 340 g/mol. The zero-order valence-corrected chi connectivity index (χ0v) is 19.6. The van der Waals surface area contributed by atoms with Crippen LogP contribution in [0, 0.1) is 52.3 Å². The summed E-state index contributed by atoms with van der Waals surface area (Å²) in [4.78, 5) is 0. The molecule has 0 radical (unpaired) electrons. The molecule has 9 atom stereocenters. The van der Waals surface area contributed by atoms with Gasteiger partial charge in [0, 0.05) is 0 Å². The van der Waals surface area contributed by atoms with E-state index in [1.807, 2.05) is 0 Å². The zero-order chi connectivity index (χ0) is 20.1. The molecule has 0 aliphatic heterocycles. The highest BCUT2D eigenvalue weighted by Crippen LogP contribution is 2.68. The van der Waals surface area contributed by atoms with Crippen LogP contribution in [0.3, 0.4) is 0 Å². The summed E-state index contributed by atoms with van der Waals surface area (Å²) in [5, 5.41) is 10.5. The summed E-state index contributed by atoms with van der Waals surface area (Å²) in [5.41, 5.74) is 1.04. The molecule has 4 saturated carbocycles. The van der Waals surface area contributed by atoms with Gasteiger partial charge in [0.05, 0.1) is 6.10 Å². The van der Waals surface area contributed by atoms with Gasteiger partial charge in [0.2, 0.25) is 0 Å². The molecule has 4 aliphatic carbocycles. The molecule has 4 aliphatic rings. The Morgan fingerprint density at radius 1 is 0.821 bits per heavy atom. The van der Waals surface area contributed by atoms with Gasteiger partial charge in [0.15, 0.2) is 0 Å². The summed E-state index contributed by atoms with van der Waals surface area (Å²) in [7, 11) is 0. The summed E-state index contributed by atoms with van der Waals surface area (Å²) in [6.45, 7) is 12.6. The fourth-order valence-corrected chi connectivity index (χ4v) is 9.35. The summed E-state index contributed by atoms with van der Waals surface area (Å²) in [5.74, 6) is 6.46. The van der Waals surface area contributed by atoms with Crippen molar-refractivity contribution in [2.24, 2.45) is 52.3 Å². The topological polar surface area (TPSA) is 20.2 Å². The molecule has 4 fully saturated rings. The lowest BCUT2D eigenvalue weighted by molar-refractivity contribution is -0.132. The smallest absolute Gasteiger partial charge is 0.0545 e. The Hall–Kier alpha value is -0.0400. The molecule has 1 N–H and O–H groups in total. The van der Waals surface area contributed by atoms with Gasteiger partial charge in [-0.2, -0.15) is 0 Å². The third-order valence-electron chi connectivity index (χ3n) is 10.8. The quantitative estimate of drug-likeness (QED) is 0.518. The number of rotatable bonds is 5. The van der Waals surface area contributed by atoms with Crippen LogP contribution in [0.5, 0.6) is 0 Å². The van der Waals surface area contributed by atoms with Crippen LogP contribution >= 0.6 is 0 Å². The highest BCUT2D eigenvalue weighted by atomic mass is 16.3. The molecule has 0 saturated heterocycles. The van der Waals surface area contributed by atoms with Crippen LogP contribution in [-0.2, 0) is 0 Å². The Morgan fingerprint density at radius 2 is 1.54 bits per heavy atom. The van der Waals surface area contributed by atoms with E-state index in [-0.39, 0.29) is 6.10 Å². The van der Waals surface area contributed by atoms with Crippen molar-refractivity contribution >= 4 is 0 Å². The van der Waals surface area contributed by atoms with Gasteiger partial charge >= 0.3 is 0 Å². The van der Waals surface area contributed by atoms with Crippen molar-refractivity contribution in [3.63, 3.8) is 0 Å². The average molecular weight is 389 g/mol. The first-order valence-electron chi connectivity index (χ1n) is 12.9. The van der Waals surface area contributed by atoms with Gasteiger partial charge in [-0.25, -0.2) is 0 Å². The first-order valence-corrected chi connectivity index (χ1v) is 12.9. The van der Waals surface area contributed by atoms with Crippen LogP contribution in [0.15, 0.2) is 0 Å². The van der Waals surface area contributed by atoms with Crippen LogP contribution in [-0.4, -0.2) is 11.2 Å². The number of fused-ring (bicyclic) bond motifs is 5. The van der Waals surface area contributed by atoms with E-state index in [0.29, 0.717) is 10.8 Å². The molecule has 0 heterocycles. The van der Waals surface area contributed by atoms with Gasteiger partial charge < -0.3 is 5.11 Å². The van der Waals surface area contributed by atoms with Gasteiger partial charge in [0.25, 0.3) is 0 Å². The molecule has 0 aromatic rings. The van der Waals surface area contributed by atoms with Crippen molar-refractivity contribution in [2.75, 3.05) is 0 Å². The van der Waals surface area contributed by atoms with E-state index in [2.05, 4.69) is 34.6 Å². The van der Waals surface area contributed by atoms with E-state index >= 15 is 0 Å². The Labute approximate surface area is 175 Å². The third-order valence-corrected chi connectivity index (χ3v) is 10.8. The molecule has 0 unspecified atom stereocenters. The minimum Gasteiger partial charge on any atom is -0.393 e. The van der Waals surface area contributed by atoms with E-state index < -0.39 is 0 Å². The van der Waals surface area contributed by atoms with Crippen LogP contribution < -0.4 is 0 Å². The molecule has 4 rings (SSSR count). The monoisotopic (exact) mass is 388 g/mol. The lowest BCUT2D eigenvalue weighted by Crippen LogP contribution is -2.54. The maximum atomic E-state index is 10.5. The van der Waals surface area contributed by atoms with Crippen LogP contribution in [0.2, 0.25) is 0 Å². The second-order valence-corrected chi connectivity index (χ2v) is 12.6. The van der Waals surface area contributed by atoms with Crippen molar-refractivity contribution in [1.82, 2.24) is 0 Å². The van der Waals surface area contributed by atoms with E-state index in [1.54, 1.807) is 0 Å². The number of hydrogen-bond acceptors (Lipinski definition) is 1. The van der Waals surface area contributed by atoms with Gasteiger partial charge in [-0.05, 0) is 110 Å². The lowest BCUT2D eigenvalue weighted by atomic mass is 9.44. The Balaban J connectivity index is 1.47. The molecule has 162 valence electrons. The van der Waals surface area contributed by atoms with Crippen molar-refractivity contribution in [2.45, 2.75) is 118 Å². The van der Waals surface area contributed by atoms with Crippen molar-refractivity contribution in [3.8, 4) is 0 Å². The van der Waals surface area contributed by atoms with Gasteiger partial charge in [0.1, 0.15) is 0 Å².